The zero-order chi connectivity index (χ0) is 11.4. The number of carbonyl (C=O) groups is 1. The summed E-state index contributed by atoms with van der Waals surface area (Å²) < 4.78 is 0. The molecule has 0 spiro atoms. The molecule has 0 aliphatic heterocycles. The molecule has 16 heavy (non-hydrogen) atoms. The first kappa shape index (κ1) is 10.4. The Labute approximate surface area is 92.9 Å². The van der Waals surface area contributed by atoms with E-state index in [1.165, 1.54) is 0 Å². The molecule has 5 nitrogen and oxygen atoms in total. The van der Waals surface area contributed by atoms with Gasteiger partial charge in [0.1, 0.15) is 5.82 Å². The van der Waals surface area contributed by atoms with Gasteiger partial charge in [-0.25, -0.2) is 0 Å². The maximum Gasteiger partial charge on any atom is 0.256 e. The molecule has 2 rings (SSSR count). The van der Waals surface area contributed by atoms with Crippen molar-refractivity contribution < 1.29 is 4.79 Å². The van der Waals surface area contributed by atoms with Crippen LogP contribution in [0.3, 0.4) is 0 Å². The Morgan fingerprint density at radius 1 is 1.44 bits per heavy atom. The molecule has 2 aromatic heterocycles. The SMILES string of the molecule is CCc1cn[nH]c1NC(=O)c1ccncc1. The van der Waals surface area contributed by atoms with Gasteiger partial charge in [-0.2, -0.15) is 5.10 Å². The Morgan fingerprint density at radius 3 is 2.88 bits per heavy atom. The fourth-order valence-corrected chi connectivity index (χ4v) is 1.38. The summed E-state index contributed by atoms with van der Waals surface area (Å²) in [6.45, 7) is 2.01. The first-order valence-corrected chi connectivity index (χ1v) is 5.05. The third-order valence-corrected chi connectivity index (χ3v) is 2.28. The fraction of sp³-hybridized carbons (Fsp3) is 0.182. The van der Waals surface area contributed by atoms with Crippen molar-refractivity contribution in [3.8, 4) is 0 Å². The maximum absolute atomic E-state index is 11.8. The van der Waals surface area contributed by atoms with E-state index in [0.29, 0.717) is 11.4 Å². The second-order valence-electron chi connectivity index (χ2n) is 3.31. The molecule has 1 amide bonds. The molecular formula is C11H12N4O. The van der Waals surface area contributed by atoms with Gasteiger partial charge in [0.05, 0.1) is 6.20 Å². The van der Waals surface area contributed by atoms with E-state index in [9.17, 15) is 4.79 Å². The second kappa shape index (κ2) is 4.57. The first-order valence-electron chi connectivity index (χ1n) is 5.05. The van der Waals surface area contributed by atoms with Gasteiger partial charge in [-0.3, -0.25) is 14.9 Å². The van der Waals surface area contributed by atoms with E-state index in [-0.39, 0.29) is 5.91 Å². The molecule has 0 unspecified atom stereocenters. The first-order chi connectivity index (χ1) is 7.81. The van der Waals surface area contributed by atoms with Gasteiger partial charge >= 0.3 is 0 Å². The molecule has 2 heterocycles. The Kier molecular flexibility index (Phi) is 2.95. The van der Waals surface area contributed by atoms with Crippen LogP contribution >= 0.6 is 0 Å². The quantitative estimate of drug-likeness (QED) is 0.819. The number of rotatable bonds is 3. The van der Waals surface area contributed by atoms with Gasteiger partial charge in [-0.15, -0.1) is 0 Å². The van der Waals surface area contributed by atoms with Gasteiger partial charge in [-0.05, 0) is 18.6 Å². The van der Waals surface area contributed by atoms with E-state index in [1.54, 1.807) is 30.7 Å². The Hall–Kier alpha value is -2.17. The molecule has 0 atom stereocenters. The normalized spacial score (nSPS) is 10.1. The molecule has 0 aliphatic carbocycles. The number of nitrogens with zero attached hydrogens (tertiary/aromatic N) is 2. The van der Waals surface area contributed by atoms with Crippen LogP contribution in [-0.2, 0) is 6.42 Å². The summed E-state index contributed by atoms with van der Waals surface area (Å²) in [5.41, 5.74) is 1.56. The minimum atomic E-state index is -0.165. The smallest absolute Gasteiger partial charge is 0.256 e. The predicted octanol–water partition coefficient (Wildman–Crippen LogP) is 1.62. The molecule has 0 saturated heterocycles. The summed E-state index contributed by atoms with van der Waals surface area (Å²) in [6.07, 6.45) is 5.70. The molecule has 2 N–H and O–H groups in total. The number of hydrogen-bond donors (Lipinski definition) is 2. The average molecular weight is 216 g/mol. The van der Waals surface area contributed by atoms with E-state index in [0.717, 1.165) is 12.0 Å². The number of hydrogen-bond acceptors (Lipinski definition) is 3. The summed E-state index contributed by atoms with van der Waals surface area (Å²) in [6, 6.07) is 3.33. The molecule has 2 aromatic rings. The lowest BCUT2D eigenvalue weighted by Crippen LogP contribution is -2.13. The topological polar surface area (TPSA) is 70.7 Å². The van der Waals surface area contributed by atoms with Crippen molar-refractivity contribution >= 4 is 11.7 Å². The third kappa shape index (κ3) is 2.08. The highest BCUT2D eigenvalue weighted by Gasteiger charge is 2.09. The standard InChI is InChI=1S/C11H12N4O/c1-2-8-7-13-15-10(8)14-11(16)9-3-5-12-6-4-9/h3-7H,2H2,1H3,(H2,13,14,15,16). The van der Waals surface area contributed by atoms with Crippen molar-refractivity contribution in [2.45, 2.75) is 13.3 Å². The number of aromatic nitrogens is 3. The number of nitrogens with one attached hydrogen (secondary N) is 2. The number of pyridine rings is 1. The number of H-pyrrole nitrogens is 1. The van der Waals surface area contributed by atoms with Crippen molar-refractivity contribution in [1.82, 2.24) is 15.2 Å². The van der Waals surface area contributed by atoms with Crippen molar-refractivity contribution in [1.29, 1.82) is 0 Å². The van der Waals surface area contributed by atoms with Crippen LogP contribution in [0.4, 0.5) is 5.82 Å². The minimum Gasteiger partial charge on any atom is -0.307 e. The molecule has 82 valence electrons. The van der Waals surface area contributed by atoms with Gasteiger partial charge in [-0.1, -0.05) is 6.92 Å². The van der Waals surface area contributed by atoms with Gasteiger partial charge < -0.3 is 5.32 Å². The largest absolute Gasteiger partial charge is 0.307 e. The van der Waals surface area contributed by atoms with E-state index < -0.39 is 0 Å². The summed E-state index contributed by atoms with van der Waals surface area (Å²) in [4.78, 5) is 15.7. The molecule has 0 saturated carbocycles. The van der Waals surface area contributed by atoms with Crippen molar-refractivity contribution in [3.63, 3.8) is 0 Å². The van der Waals surface area contributed by atoms with Crippen LogP contribution in [-0.4, -0.2) is 21.1 Å². The minimum absolute atomic E-state index is 0.165. The molecule has 0 aliphatic rings. The monoisotopic (exact) mass is 216 g/mol. The van der Waals surface area contributed by atoms with Gasteiger partial charge in [0.25, 0.3) is 5.91 Å². The van der Waals surface area contributed by atoms with E-state index >= 15 is 0 Å². The van der Waals surface area contributed by atoms with Crippen molar-refractivity contribution in [2.75, 3.05) is 5.32 Å². The number of aryl methyl sites for hydroxylation is 1. The highest BCUT2D eigenvalue weighted by Crippen LogP contribution is 2.12. The van der Waals surface area contributed by atoms with Gasteiger partial charge in [0, 0.05) is 23.5 Å². The summed E-state index contributed by atoms with van der Waals surface area (Å²) in [5.74, 6) is 0.491. The van der Waals surface area contributed by atoms with Crippen LogP contribution in [0, 0.1) is 0 Å². The Balaban J connectivity index is 2.14. The van der Waals surface area contributed by atoms with Gasteiger partial charge in [0.2, 0.25) is 0 Å². The van der Waals surface area contributed by atoms with Gasteiger partial charge in [0.15, 0.2) is 0 Å². The molecule has 0 bridgehead atoms. The van der Waals surface area contributed by atoms with E-state index in [2.05, 4.69) is 20.5 Å². The zero-order valence-electron chi connectivity index (χ0n) is 8.90. The lowest BCUT2D eigenvalue weighted by molar-refractivity contribution is 0.102. The Morgan fingerprint density at radius 2 is 2.19 bits per heavy atom. The number of anilines is 1. The van der Waals surface area contributed by atoms with Crippen LogP contribution in [0.5, 0.6) is 0 Å². The summed E-state index contributed by atoms with van der Waals surface area (Å²) >= 11 is 0. The number of aromatic amines is 1. The lowest BCUT2D eigenvalue weighted by Gasteiger charge is -2.03. The van der Waals surface area contributed by atoms with E-state index in [1.807, 2.05) is 6.92 Å². The highest BCUT2D eigenvalue weighted by atomic mass is 16.1. The number of amides is 1. The molecule has 5 heteroatoms. The van der Waals surface area contributed by atoms with E-state index in [4.69, 9.17) is 0 Å². The van der Waals surface area contributed by atoms with Crippen LogP contribution in [0.15, 0.2) is 30.7 Å². The van der Waals surface area contributed by atoms with Crippen molar-refractivity contribution in [3.05, 3.63) is 41.9 Å². The lowest BCUT2D eigenvalue weighted by atomic mass is 10.2. The summed E-state index contributed by atoms with van der Waals surface area (Å²) in [5, 5.41) is 9.42. The zero-order valence-corrected chi connectivity index (χ0v) is 8.90. The Bertz CT molecular complexity index is 478. The van der Waals surface area contributed by atoms with Crippen LogP contribution in [0.1, 0.15) is 22.8 Å². The molecule has 0 radical (unpaired) electrons. The van der Waals surface area contributed by atoms with Crippen LogP contribution in [0.25, 0.3) is 0 Å². The van der Waals surface area contributed by atoms with Crippen molar-refractivity contribution in [2.24, 2.45) is 0 Å². The second-order valence-corrected chi connectivity index (χ2v) is 3.31. The highest BCUT2D eigenvalue weighted by molar-refractivity contribution is 6.03. The van der Waals surface area contributed by atoms with Crippen LogP contribution in [0.2, 0.25) is 0 Å². The fourth-order valence-electron chi connectivity index (χ4n) is 1.38. The maximum atomic E-state index is 11.8. The predicted molar refractivity (Wildman–Crippen MR) is 60.2 cm³/mol. The third-order valence-electron chi connectivity index (χ3n) is 2.28. The number of carbonyl (C=O) groups excluding carboxylic acids is 1. The molecule has 0 fully saturated rings. The average Bonchev–Trinajstić information content (AvgIpc) is 2.77. The molecule has 0 aromatic carbocycles. The van der Waals surface area contributed by atoms with Crippen LogP contribution < -0.4 is 5.32 Å². The summed E-state index contributed by atoms with van der Waals surface area (Å²) in [7, 11) is 0. The molecular weight excluding hydrogens is 204 g/mol.